The van der Waals surface area contributed by atoms with Gasteiger partial charge in [0.2, 0.25) is 0 Å². The molecule has 3 saturated heterocycles. The Balaban J connectivity index is 1.65. The number of fused-ring (bicyclic) bond motifs is 2. The topological polar surface area (TPSA) is 29.5 Å². The number of carbonyl (C=O) groups excluding carboxylic acids is 1. The minimum Gasteiger partial charge on any atom is -0.465 e. The van der Waals surface area contributed by atoms with Crippen LogP contribution in [0.5, 0.6) is 0 Å². The summed E-state index contributed by atoms with van der Waals surface area (Å²) in [4.78, 5) is 14.4. The second-order valence-corrected chi connectivity index (χ2v) is 6.77. The minimum atomic E-state index is 0.0600. The first kappa shape index (κ1) is 11.3. The molecule has 0 aromatic carbocycles. The standard InChI is InChI=1S/C15H23NO2/c17-14-8-13-11(9-18-14)5-7-16-6-4-10-2-1-3-12(13)15(10)16/h10-13,15H,1-9H2. The fourth-order valence-corrected chi connectivity index (χ4v) is 5.27. The third-order valence-electron chi connectivity index (χ3n) is 6.05. The van der Waals surface area contributed by atoms with Gasteiger partial charge in [-0.3, -0.25) is 9.69 Å². The summed E-state index contributed by atoms with van der Waals surface area (Å²) in [5, 5.41) is 0. The molecule has 5 atom stereocenters. The van der Waals surface area contributed by atoms with Gasteiger partial charge in [-0.2, -0.15) is 0 Å². The van der Waals surface area contributed by atoms with Crippen molar-refractivity contribution in [3.8, 4) is 0 Å². The van der Waals surface area contributed by atoms with Crippen molar-refractivity contribution in [3.05, 3.63) is 0 Å². The lowest BCUT2D eigenvalue weighted by Gasteiger charge is -2.42. The second kappa shape index (κ2) is 4.22. The normalized spacial score (nSPS) is 48.0. The van der Waals surface area contributed by atoms with E-state index in [4.69, 9.17) is 4.74 Å². The average Bonchev–Trinajstić information content (AvgIpc) is 2.73. The van der Waals surface area contributed by atoms with Crippen molar-refractivity contribution in [1.29, 1.82) is 0 Å². The SMILES string of the molecule is O=C1CC2C(CCN3CCC4CCCC2C43)CO1. The van der Waals surface area contributed by atoms with Crippen molar-refractivity contribution in [1.82, 2.24) is 4.90 Å². The summed E-state index contributed by atoms with van der Waals surface area (Å²) in [6.45, 7) is 3.25. The summed E-state index contributed by atoms with van der Waals surface area (Å²) < 4.78 is 5.31. The van der Waals surface area contributed by atoms with Crippen molar-refractivity contribution in [3.63, 3.8) is 0 Å². The quantitative estimate of drug-likeness (QED) is 0.615. The van der Waals surface area contributed by atoms with Crippen LogP contribution in [0.15, 0.2) is 0 Å². The third-order valence-corrected chi connectivity index (χ3v) is 6.05. The number of cyclic esters (lactones) is 1. The first-order chi connectivity index (χ1) is 8.83. The number of nitrogens with zero attached hydrogens (tertiary/aromatic N) is 1. The summed E-state index contributed by atoms with van der Waals surface area (Å²) in [5.41, 5.74) is 0. The van der Waals surface area contributed by atoms with E-state index in [1.165, 1.54) is 45.2 Å². The third kappa shape index (κ3) is 1.63. The van der Waals surface area contributed by atoms with Crippen molar-refractivity contribution in [2.24, 2.45) is 23.7 Å². The van der Waals surface area contributed by atoms with Crippen LogP contribution in [0.2, 0.25) is 0 Å². The van der Waals surface area contributed by atoms with Crippen LogP contribution >= 0.6 is 0 Å². The molecule has 0 bridgehead atoms. The lowest BCUT2D eigenvalue weighted by atomic mass is 9.67. The fraction of sp³-hybridized carbons (Fsp3) is 0.933. The van der Waals surface area contributed by atoms with E-state index in [0.717, 1.165) is 17.9 Å². The van der Waals surface area contributed by atoms with Crippen LogP contribution in [-0.2, 0) is 9.53 Å². The summed E-state index contributed by atoms with van der Waals surface area (Å²) in [6.07, 6.45) is 7.52. The van der Waals surface area contributed by atoms with Gasteiger partial charge in [0.1, 0.15) is 0 Å². The molecule has 0 spiro atoms. The lowest BCUT2D eigenvalue weighted by molar-refractivity contribution is -0.155. The molecule has 3 nitrogen and oxygen atoms in total. The molecule has 3 aliphatic heterocycles. The maximum absolute atomic E-state index is 11.6. The van der Waals surface area contributed by atoms with Crippen LogP contribution in [-0.4, -0.2) is 36.6 Å². The van der Waals surface area contributed by atoms with E-state index < -0.39 is 0 Å². The molecule has 0 aromatic rings. The summed E-state index contributed by atoms with van der Waals surface area (Å²) >= 11 is 0. The predicted molar refractivity (Wildman–Crippen MR) is 68.0 cm³/mol. The maximum Gasteiger partial charge on any atom is 0.306 e. The van der Waals surface area contributed by atoms with E-state index in [2.05, 4.69) is 4.90 Å². The van der Waals surface area contributed by atoms with Gasteiger partial charge in [-0.05, 0) is 62.4 Å². The number of carbonyl (C=O) groups is 1. The maximum atomic E-state index is 11.6. The molecule has 5 unspecified atom stereocenters. The van der Waals surface area contributed by atoms with E-state index in [1.807, 2.05) is 0 Å². The van der Waals surface area contributed by atoms with Gasteiger partial charge in [-0.1, -0.05) is 6.42 Å². The van der Waals surface area contributed by atoms with Gasteiger partial charge in [0.25, 0.3) is 0 Å². The number of esters is 1. The zero-order valence-corrected chi connectivity index (χ0v) is 11.0. The highest BCUT2D eigenvalue weighted by molar-refractivity contribution is 5.70. The second-order valence-electron chi connectivity index (χ2n) is 6.77. The van der Waals surface area contributed by atoms with E-state index in [9.17, 15) is 4.79 Å². The van der Waals surface area contributed by atoms with Crippen LogP contribution in [0.4, 0.5) is 0 Å². The van der Waals surface area contributed by atoms with Gasteiger partial charge >= 0.3 is 5.97 Å². The van der Waals surface area contributed by atoms with Crippen LogP contribution < -0.4 is 0 Å². The Bertz CT molecular complexity index is 356. The molecule has 1 aliphatic carbocycles. The van der Waals surface area contributed by atoms with Crippen molar-refractivity contribution >= 4 is 5.97 Å². The molecule has 18 heavy (non-hydrogen) atoms. The molecule has 3 heterocycles. The monoisotopic (exact) mass is 249 g/mol. The molecule has 3 heteroatoms. The minimum absolute atomic E-state index is 0.0600. The highest BCUT2D eigenvalue weighted by Gasteiger charge is 2.49. The molecule has 4 aliphatic rings. The Hall–Kier alpha value is -0.570. The van der Waals surface area contributed by atoms with Crippen LogP contribution in [0.3, 0.4) is 0 Å². The van der Waals surface area contributed by atoms with Gasteiger partial charge in [0.15, 0.2) is 0 Å². The summed E-state index contributed by atoms with van der Waals surface area (Å²) in [7, 11) is 0. The fourth-order valence-electron chi connectivity index (χ4n) is 5.27. The molecule has 0 amide bonds. The number of hydrogen-bond donors (Lipinski definition) is 0. The van der Waals surface area contributed by atoms with E-state index >= 15 is 0 Å². The smallest absolute Gasteiger partial charge is 0.306 e. The number of rotatable bonds is 0. The predicted octanol–water partition coefficient (Wildman–Crippen LogP) is 2.06. The Labute approximate surface area is 109 Å². The van der Waals surface area contributed by atoms with Gasteiger partial charge in [-0.25, -0.2) is 0 Å². The summed E-state index contributed by atoms with van der Waals surface area (Å²) in [6, 6.07) is 0.805. The zero-order chi connectivity index (χ0) is 12.1. The van der Waals surface area contributed by atoms with E-state index in [1.54, 1.807) is 0 Å². The number of hydrogen-bond acceptors (Lipinski definition) is 3. The molecule has 0 N–H and O–H groups in total. The number of ether oxygens (including phenoxy) is 1. The molecule has 0 aromatic heterocycles. The molecule has 100 valence electrons. The lowest BCUT2D eigenvalue weighted by Crippen LogP contribution is -2.45. The van der Waals surface area contributed by atoms with Gasteiger partial charge in [0.05, 0.1) is 6.61 Å². The van der Waals surface area contributed by atoms with Gasteiger partial charge in [-0.15, -0.1) is 0 Å². The Morgan fingerprint density at radius 3 is 2.72 bits per heavy atom. The van der Waals surface area contributed by atoms with Gasteiger partial charge in [0, 0.05) is 12.5 Å². The molecule has 4 fully saturated rings. The molecule has 1 saturated carbocycles. The zero-order valence-electron chi connectivity index (χ0n) is 11.0. The Kier molecular flexibility index (Phi) is 2.65. The first-order valence-corrected chi connectivity index (χ1v) is 7.72. The summed E-state index contributed by atoms with van der Waals surface area (Å²) in [5.74, 6) is 3.05. The highest BCUT2D eigenvalue weighted by atomic mass is 16.5. The van der Waals surface area contributed by atoms with E-state index in [0.29, 0.717) is 24.9 Å². The Morgan fingerprint density at radius 2 is 1.83 bits per heavy atom. The average molecular weight is 249 g/mol. The Morgan fingerprint density at radius 1 is 1.00 bits per heavy atom. The van der Waals surface area contributed by atoms with Crippen LogP contribution in [0, 0.1) is 23.7 Å². The van der Waals surface area contributed by atoms with Crippen LogP contribution in [0.1, 0.15) is 38.5 Å². The van der Waals surface area contributed by atoms with Crippen LogP contribution in [0.25, 0.3) is 0 Å². The molecular weight excluding hydrogens is 226 g/mol. The van der Waals surface area contributed by atoms with Gasteiger partial charge < -0.3 is 4.74 Å². The van der Waals surface area contributed by atoms with E-state index in [-0.39, 0.29) is 5.97 Å². The molecule has 4 rings (SSSR count). The molecule has 0 radical (unpaired) electrons. The first-order valence-electron chi connectivity index (χ1n) is 7.72. The van der Waals surface area contributed by atoms with Crippen molar-refractivity contribution in [2.45, 2.75) is 44.6 Å². The van der Waals surface area contributed by atoms with Crippen molar-refractivity contribution < 1.29 is 9.53 Å². The highest BCUT2D eigenvalue weighted by Crippen LogP contribution is 2.49. The largest absolute Gasteiger partial charge is 0.465 e. The van der Waals surface area contributed by atoms with Crippen molar-refractivity contribution in [2.75, 3.05) is 19.7 Å². The molecular formula is C15H23NO2.